The molecule has 0 unspecified atom stereocenters. The maximum absolute atomic E-state index is 13.6. The van der Waals surface area contributed by atoms with Crippen LogP contribution in [0.5, 0.6) is 0 Å². The van der Waals surface area contributed by atoms with Crippen LogP contribution in [0.3, 0.4) is 0 Å². The van der Waals surface area contributed by atoms with E-state index in [2.05, 4.69) is 47.2 Å². The Labute approximate surface area is 444 Å². The fraction of sp³-hybridized carbons (Fsp3) is 0.327. The first-order valence-corrected chi connectivity index (χ1v) is 24.7. The van der Waals surface area contributed by atoms with E-state index in [-0.39, 0.29) is 96.2 Å². The molecule has 1 saturated carbocycles. The van der Waals surface area contributed by atoms with Gasteiger partial charge >= 0.3 is 5.97 Å². The molecule has 6 aromatic rings. The van der Waals surface area contributed by atoms with E-state index in [9.17, 15) is 47.9 Å². The van der Waals surface area contributed by atoms with Crippen LogP contribution in [0.2, 0.25) is 0 Å². The van der Waals surface area contributed by atoms with E-state index in [1.165, 1.54) is 73.4 Å². The number of ether oxygens (including phenoxy) is 1. The summed E-state index contributed by atoms with van der Waals surface area (Å²) in [5, 5.41) is 19.1. The van der Waals surface area contributed by atoms with Crippen molar-refractivity contribution < 1.29 is 52.7 Å². The Kier molecular flexibility index (Phi) is 14.1. The third kappa shape index (κ3) is 10.2. The lowest BCUT2D eigenvalue weighted by molar-refractivity contribution is -0.129. The topological polar surface area (TPSA) is 321 Å². The molecule has 26 nitrogen and oxygen atoms in total. The lowest BCUT2D eigenvalue weighted by Crippen LogP contribution is -2.36. The van der Waals surface area contributed by atoms with Gasteiger partial charge < -0.3 is 74.7 Å². The van der Waals surface area contributed by atoms with E-state index >= 15 is 0 Å². The van der Waals surface area contributed by atoms with Gasteiger partial charge in [-0.05, 0) is 49.9 Å². The van der Waals surface area contributed by atoms with Crippen molar-refractivity contribution in [1.82, 2.24) is 48.3 Å². The van der Waals surface area contributed by atoms with E-state index in [1.807, 2.05) is 0 Å². The summed E-state index contributed by atoms with van der Waals surface area (Å²) in [5.41, 5.74) is 3.95. The number of fused-ring (bicyclic) bond motifs is 1. The molecular formula is C52H57N15O11. The summed E-state index contributed by atoms with van der Waals surface area (Å²) >= 11 is 0. The van der Waals surface area contributed by atoms with Crippen molar-refractivity contribution in [3.63, 3.8) is 0 Å². The quantitative estimate of drug-likeness (QED) is 0.0455. The number of allylic oxidation sites excluding steroid dienone is 2. The maximum Gasteiger partial charge on any atom is 0.340 e. The lowest BCUT2D eigenvalue weighted by Gasteiger charge is -2.28. The number of carbonyl (C=O) groups excluding carboxylic acids is 10. The minimum absolute atomic E-state index is 0.00318. The number of likely N-dealkylation sites (tertiary alicyclic amines) is 1. The molecule has 3 aliphatic rings. The Morgan fingerprint density at radius 2 is 1.18 bits per heavy atom. The van der Waals surface area contributed by atoms with Crippen molar-refractivity contribution in [3.05, 3.63) is 118 Å². The summed E-state index contributed by atoms with van der Waals surface area (Å²) in [6.07, 6.45) is 10.2. The number of anilines is 5. The second-order valence-electron chi connectivity index (χ2n) is 19.6. The molecule has 406 valence electrons. The van der Waals surface area contributed by atoms with Crippen LogP contribution < -0.4 is 37.2 Å². The molecule has 9 rings (SSSR count). The Bertz CT molecular complexity index is 3580. The van der Waals surface area contributed by atoms with Gasteiger partial charge in [0.15, 0.2) is 5.82 Å². The average Bonchev–Trinajstić information content (AvgIpc) is 3.89. The largest absolute Gasteiger partial charge is 0.465 e. The second-order valence-corrected chi connectivity index (χ2v) is 19.6. The van der Waals surface area contributed by atoms with Crippen LogP contribution in [-0.4, -0.2) is 123 Å². The van der Waals surface area contributed by atoms with Gasteiger partial charge in [0.2, 0.25) is 29.3 Å². The smallest absolute Gasteiger partial charge is 0.340 e. The molecule has 78 heavy (non-hydrogen) atoms. The van der Waals surface area contributed by atoms with Crippen molar-refractivity contribution in [2.75, 3.05) is 53.3 Å². The first kappa shape index (κ1) is 53.1. The molecule has 0 radical (unpaired) electrons. The zero-order valence-corrected chi connectivity index (χ0v) is 43.9. The number of ketones is 1. The van der Waals surface area contributed by atoms with E-state index < -0.39 is 40.9 Å². The van der Waals surface area contributed by atoms with Crippen molar-refractivity contribution in [2.45, 2.75) is 44.9 Å². The number of aromatic nitrogens is 7. The molecule has 6 aromatic heterocycles. The highest BCUT2D eigenvalue weighted by Gasteiger charge is 2.68. The summed E-state index contributed by atoms with van der Waals surface area (Å²) in [6, 6.07) is 5.97. The number of aryl methyl sites for hydroxylation is 6. The van der Waals surface area contributed by atoms with Crippen molar-refractivity contribution in [2.24, 2.45) is 41.2 Å². The SMILES string of the molecule is COC(=O)c1c(C)[nH]c2c1[C@@]13C[C@@H]1CN(C(=O)CCNC(=O)c1cc(NC(=O)c4cc(NC(=O)CCCNC(=O)c5cc(NC(=O)c6cc(NC(=O)c7nc(NC(C)=O)cn7C)cn6C)cn5C)cn4C)cn1C)C3=CC2=O. The van der Waals surface area contributed by atoms with E-state index in [0.29, 0.717) is 63.9 Å². The fourth-order valence-corrected chi connectivity index (χ4v) is 10.3. The molecule has 7 heterocycles. The fourth-order valence-electron chi connectivity index (χ4n) is 10.3. The molecular weight excluding hydrogens is 1010 g/mol. The van der Waals surface area contributed by atoms with Crippen LogP contribution in [0, 0.1) is 12.8 Å². The van der Waals surface area contributed by atoms with Gasteiger partial charge in [-0.1, -0.05) is 0 Å². The van der Waals surface area contributed by atoms with Gasteiger partial charge in [0.05, 0.1) is 41.1 Å². The summed E-state index contributed by atoms with van der Waals surface area (Å²) in [7, 11) is 9.42. The predicted octanol–water partition coefficient (Wildman–Crippen LogP) is 3.06. The van der Waals surface area contributed by atoms with Crippen LogP contribution in [0.4, 0.5) is 28.6 Å². The Morgan fingerprint density at radius 1 is 0.667 bits per heavy atom. The summed E-state index contributed by atoms with van der Waals surface area (Å²) in [4.78, 5) is 139. The Balaban J connectivity index is 0.700. The number of imidazole rings is 1. The first-order valence-electron chi connectivity index (χ1n) is 24.7. The number of H-pyrrole nitrogens is 1. The van der Waals surface area contributed by atoms with Gasteiger partial charge in [-0.3, -0.25) is 43.2 Å². The van der Waals surface area contributed by atoms with Crippen molar-refractivity contribution in [1.29, 1.82) is 0 Å². The third-order valence-corrected chi connectivity index (χ3v) is 14.0. The van der Waals surface area contributed by atoms with Gasteiger partial charge in [-0.25, -0.2) is 9.78 Å². The molecule has 1 saturated heterocycles. The highest BCUT2D eigenvalue weighted by molar-refractivity contribution is 6.12. The zero-order chi connectivity index (χ0) is 56.1. The highest BCUT2D eigenvalue weighted by Crippen LogP contribution is 2.67. The van der Waals surface area contributed by atoms with Crippen LogP contribution >= 0.6 is 0 Å². The summed E-state index contributed by atoms with van der Waals surface area (Å²) in [5.74, 6) is -4.06. The Hall–Kier alpha value is -9.75. The maximum atomic E-state index is 13.6. The number of carbonyl (C=O) groups is 10. The molecule has 0 aromatic carbocycles. The van der Waals surface area contributed by atoms with Gasteiger partial charge in [-0.15, -0.1) is 0 Å². The van der Waals surface area contributed by atoms with Crippen molar-refractivity contribution in [3.8, 4) is 0 Å². The summed E-state index contributed by atoms with van der Waals surface area (Å²) in [6.45, 7) is 3.57. The molecule has 1 spiro atoms. The first-order chi connectivity index (χ1) is 37.1. The van der Waals surface area contributed by atoms with Gasteiger partial charge in [0, 0.05) is 134 Å². The normalized spacial score (nSPS) is 15.8. The molecule has 0 bridgehead atoms. The molecule has 2 aliphatic carbocycles. The molecule has 8 N–H and O–H groups in total. The number of nitrogens with one attached hydrogen (secondary N) is 8. The number of methoxy groups -OCH3 is 1. The zero-order valence-electron chi connectivity index (χ0n) is 43.9. The molecule has 2 fully saturated rings. The number of aromatic amines is 1. The molecule has 2 atom stereocenters. The van der Waals surface area contributed by atoms with Crippen molar-refractivity contribution >= 4 is 87.6 Å². The van der Waals surface area contributed by atoms with Crippen LogP contribution in [-0.2, 0) is 59.8 Å². The van der Waals surface area contributed by atoms with Gasteiger partial charge in [0.25, 0.3) is 29.5 Å². The van der Waals surface area contributed by atoms with Gasteiger partial charge in [-0.2, -0.15) is 0 Å². The number of hydrogen-bond donors (Lipinski definition) is 8. The van der Waals surface area contributed by atoms with Crippen LogP contribution in [0.15, 0.2) is 67.0 Å². The summed E-state index contributed by atoms with van der Waals surface area (Å²) < 4.78 is 12.6. The van der Waals surface area contributed by atoms with Crippen LogP contribution in [0.25, 0.3) is 0 Å². The second kappa shape index (κ2) is 20.8. The molecule has 1 aliphatic heterocycles. The lowest BCUT2D eigenvalue weighted by atomic mass is 9.82. The Morgan fingerprint density at radius 3 is 1.72 bits per heavy atom. The minimum atomic E-state index is -0.626. The van der Waals surface area contributed by atoms with E-state index in [4.69, 9.17) is 4.74 Å². The minimum Gasteiger partial charge on any atom is -0.465 e. The number of esters is 1. The third-order valence-electron chi connectivity index (χ3n) is 14.0. The number of amides is 8. The number of piperidine rings is 1. The predicted molar refractivity (Wildman–Crippen MR) is 281 cm³/mol. The molecule has 8 amide bonds. The number of rotatable bonds is 18. The van der Waals surface area contributed by atoms with E-state index in [0.717, 1.165) is 0 Å². The number of nitrogens with zero attached hydrogens (tertiary/aromatic N) is 7. The monoisotopic (exact) mass is 1070 g/mol. The van der Waals surface area contributed by atoms with Gasteiger partial charge in [0.1, 0.15) is 22.8 Å². The number of hydrogen-bond acceptors (Lipinski definition) is 12. The standard InChI is InChI=1S/C52H57N15O11/c1-26-42(51(77)78-8)43-44(55-26)37(69)18-38-52(43)19-28(52)20-67(38)41(71)11-13-54-47(73)34-16-31(23-63(34)4)58-48(74)35-14-29(21-64(35)5)57-40(70)10-9-12-53-46(72)33-15-30(22-62(33)3)59-49(75)36-17-32(24-65(36)6)60-50(76)45-61-39(25-66(45)7)56-27(2)68/h14-18,21-25,28,55H,9-13,19-20H2,1-8H3,(H,53,72)(H,54,73)(H,56,68)(H,57,70)(H,58,74)(H,59,75)(H,60,76)/t28-,52+/m1/s1. The van der Waals surface area contributed by atoms with Crippen LogP contribution in [0.1, 0.15) is 117 Å². The highest BCUT2D eigenvalue weighted by atomic mass is 16.5. The van der Waals surface area contributed by atoms with E-state index in [1.54, 1.807) is 71.8 Å². The average molecular weight is 1070 g/mol. The molecule has 26 heteroatoms.